The van der Waals surface area contributed by atoms with E-state index in [1.807, 2.05) is 65.8 Å². The van der Waals surface area contributed by atoms with E-state index in [1.165, 1.54) is 46.2 Å². The lowest BCUT2D eigenvalue weighted by Gasteiger charge is -2.36. The maximum Gasteiger partial charge on any atom is 0.285 e. The quantitative estimate of drug-likeness (QED) is 0.252. The molecular formula is C30H26N4O4S6. The maximum atomic E-state index is 12.8. The monoisotopic (exact) mass is 698 g/mol. The van der Waals surface area contributed by atoms with E-state index < -0.39 is 11.2 Å². The van der Waals surface area contributed by atoms with Crippen molar-refractivity contribution in [3.05, 3.63) is 35.4 Å². The number of rotatable bonds is 4. The van der Waals surface area contributed by atoms with Crippen LogP contribution in [0.1, 0.15) is 52.7 Å². The second-order valence-corrected chi connectivity index (χ2v) is 16.7. The first-order valence-corrected chi connectivity index (χ1v) is 18.0. The second-order valence-electron chi connectivity index (χ2n) is 11.4. The summed E-state index contributed by atoms with van der Waals surface area (Å²) >= 11 is 16.3. The van der Waals surface area contributed by atoms with Gasteiger partial charge in [0.1, 0.15) is 41.3 Å². The van der Waals surface area contributed by atoms with Crippen molar-refractivity contribution in [1.29, 1.82) is 0 Å². The Kier molecular flexibility index (Phi) is 7.14. The number of thioether (sulfide) groups is 2. The van der Waals surface area contributed by atoms with Gasteiger partial charge in [0.2, 0.25) is 0 Å². The fourth-order valence-electron chi connectivity index (χ4n) is 5.55. The number of thiocarbonyl (C=S) groups is 2. The van der Waals surface area contributed by atoms with Crippen LogP contribution in [0.2, 0.25) is 0 Å². The smallest absolute Gasteiger partial charge is 0.285 e. The van der Waals surface area contributed by atoms with Crippen LogP contribution in [0.4, 0.5) is 10.0 Å². The van der Waals surface area contributed by atoms with E-state index in [0.717, 1.165) is 53.5 Å². The largest absolute Gasteiger partial charge is 0.482 e. The molecule has 2 fully saturated rings. The summed E-state index contributed by atoms with van der Waals surface area (Å²) in [5.74, 6) is 1.17. The molecule has 2 aromatic heterocycles. The van der Waals surface area contributed by atoms with Crippen molar-refractivity contribution >= 4 is 111 Å². The van der Waals surface area contributed by atoms with Gasteiger partial charge >= 0.3 is 0 Å². The number of hydrogen-bond donors (Lipinski definition) is 0. The lowest BCUT2D eigenvalue weighted by atomic mass is 9.88. The minimum Gasteiger partial charge on any atom is -0.482 e. The Labute approximate surface area is 281 Å². The molecule has 0 spiro atoms. The maximum absolute atomic E-state index is 12.8. The van der Waals surface area contributed by atoms with Crippen LogP contribution in [0.15, 0.2) is 34.3 Å². The lowest BCUT2D eigenvalue weighted by molar-refractivity contribution is -0.120. The van der Waals surface area contributed by atoms with Crippen LogP contribution in [-0.4, -0.2) is 53.4 Å². The van der Waals surface area contributed by atoms with Crippen LogP contribution in [0, 0.1) is 0 Å². The van der Waals surface area contributed by atoms with E-state index >= 15 is 0 Å². The van der Waals surface area contributed by atoms with E-state index in [4.69, 9.17) is 43.9 Å². The standard InChI is InChI=1S/C30H26N4O4S6/c1-7-33-25(35)23(43-27(33)39)31-19-11-15-21(41-19)13-9-18-14(10-17(13)37-29(15,3)4)22-16(30(5,6)38-18)12-20(42-22)32-24-26(36)34(8-2)28(40)44-24/h9-12H,7-8H2,1-6H3. The zero-order valence-electron chi connectivity index (χ0n) is 24.6. The highest BCUT2D eigenvalue weighted by Crippen LogP contribution is 2.58. The summed E-state index contributed by atoms with van der Waals surface area (Å²) in [5.41, 5.74) is 2.59. The van der Waals surface area contributed by atoms with Gasteiger partial charge in [-0.15, -0.1) is 22.7 Å². The molecule has 2 saturated heterocycles. The van der Waals surface area contributed by atoms with Gasteiger partial charge in [0.05, 0.1) is 0 Å². The number of carbonyl (C=O) groups excluding carboxylic acids is 2. The second kappa shape index (κ2) is 10.5. The molecule has 4 aliphatic heterocycles. The number of carbonyl (C=O) groups is 2. The molecule has 44 heavy (non-hydrogen) atoms. The predicted octanol–water partition coefficient (Wildman–Crippen LogP) is 8.22. The van der Waals surface area contributed by atoms with E-state index in [-0.39, 0.29) is 11.8 Å². The van der Waals surface area contributed by atoms with Crippen molar-refractivity contribution in [2.45, 2.75) is 52.7 Å². The average molecular weight is 699 g/mol. The number of fused-ring (bicyclic) bond motifs is 6. The molecule has 2 amide bonds. The lowest BCUT2D eigenvalue weighted by Crippen LogP contribution is -2.30. The highest BCUT2D eigenvalue weighted by molar-refractivity contribution is 8.35. The molecule has 226 valence electrons. The third-order valence-corrected chi connectivity index (χ3v) is 12.5. The van der Waals surface area contributed by atoms with Crippen LogP contribution in [-0.2, 0) is 20.8 Å². The molecule has 8 nitrogen and oxygen atoms in total. The van der Waals surface area contributed by atoms with Gasteiger partial charge in [-0.1, -0.05) is 24.4 Å². The Morgan fingerprint density at radius 2 is 1.09 bits per heavy atom. The predicted molar refractivity (Wildman–Crippen MR) is 190 cm³/mol. The SMILES string of the molecule is CCN1C(=O)C(=Nc2cc3c(s2)-c2cc4c(cc2OC3(C)C)-c2sc(N=C3SC(=S)N(CC)C3=O)cc2C(C)(C)O4)SC1=S. The summed E-state index contributed by atoms with van der Waals surface area (Å²) in [7, 11) is 0. The molecule has 0 atom stereocenters. The summed E-state index contributed by atoms with van der Waals surface area (Å²) in [6.45, 7) is 13.0. The number of ether oxygens (including phenoxy) is 2. The highest BCUT2D eigenvalue weighted by atomic mass is 32.2. The fraction of sp³-hybridized carbons (Fsp3) is 0.333. The minimum absolute atomic E-state index is 0.160. The topological polar surface area (TPSA) is 83.8 Å². The van der Waals surface area contributed by atoms with E-state index in [1.54, 1.807) is 9.80 Å². The van der Waals surface area contributed by atoms with E-state index in [0.29, 0.717) is 31.8 Å². The number of thiophene rings is 2. The van der Waals surface area contributed by atoms with Crippen LogP contribution < -0.4 is 9.47 Å². The third-order valence-electron chi connectivity index (χ3n) is 7.76. The van der Waals surface area contributed by atoms with Crippen LogP contribution in [0.5, 0.6) is 11.5 Å². The zero-order valence-corrected chi connectivity index (χ0v) is 29.5. The van der Waals surface area contributed by atoms with E-state index in [9.17, 15) is 9.59 Å². The van der Waals surface area contributed by atoms with E-state index in [2.05, 4.69) is 0 Å². The van der Waals surface area contributed by atoms with Gasteiger partial charge in [-0.2, -0.15) is 0 Å². The highest BCUT2D eigenvalue weighted by Gasteiger charge is 2.41. The number of hydrogen-bond acceptors (Lipinski definition) is 12. The van der Waals surface area contributed by atoms with Crippen LogP contribution in [0.25, 0.3) is 20.9 Å². The molecule has 0 N–H and O–H groups in total. The van der Waals surface area contributed by atoms with Gasteiger partial charge in [-0.3, -0.25) is 19.4 Å². The van der Waals surface area contributed by atoms with Crippen molar-refractivity contribution < 1.29 is 19.1 Å². The van der Waals surface area contributed by atoms with Gasteiger partial charge in [0, 0.05) is 45.1 Å². The Hall–Kier alpha value is -2.62. The first kappa shape index (κ1) is 30.1. The van der Waals surface area contributed by atoms with Gasteiger partial charge in [0.25, 0.3) is 11.8 Å². The first-order valence-electron chi connectivity index (χ1n) is 13.9. The Morgan fingerprint density at radius 1 is 0.705 bits per heavy atom. The van der Waals surface area contributed by atoms with Crippen molar-refractivity contribution in [2.75, 3.05) is 13.1 Å². The minimum atomic E-state index is -0.628. The number of benzene rings is 1. The Morgan fingerprint density at radius 3 is 1.43 bits per heavy atom. The van der Waals surface area contributed by atoms with Gasteiger partial charge in [-0.25, -0.2) is 9.98 Å². The molecule has 6 heterocycles. The van der Waals surface area contributed by atoms with Gasteiger partial charge < -0.3 is 9.47 Å². The molecule has 0 saturated carbocycles. The van der Waals surface area contributed by atoms with Gasteiger partial charge in [-0.05, 0) is 89.3 Å². The molecule has 0 aliphatic carbocycles. The fourth-order valence-corrected chi connectivity index (χ4v) is 10.6. The Bertz CT molecular complexity index is 1770. The summed E-state index contributed by atoms with van der Waals surface area (Å²) in [6.07, 6.45) is 0. The van der Waals surface area contributed by atoms with Crippen LogP contribution in [0.3, 0.4) is 0 Å². The number of aliphatic imine (C=N–C) groups is 2. The van der Waals surface area contributed by atoms with Crippen LogP contribution >= 0.6 is 70.6 Å². The van der Waals surface area contributed by atoms with Crippen molar-refractivity contribution in [2.24, 2.45) is 9.98 Å². The van der Waals surface area contributed by atoms with Crippen molar-refractivity contribution in [3.63, 3.8) is 0 Å². The number of amides is 2. The molecular weight excluding hydrogens is 673 g/mol. The molecule has 0 radical (unpaired) electrons. The average Bonchev–Trinajstić information content (AvgIpc) is 3.69. The number of nitrogens with zero attached hydrogens (tertiary/aromatic N) is 4. The van der Waals surface area contributed by atoms with Crippen molar-refractivity contribution in [1.82, 2.24) is 9.80 Å². The molecule has 7 rings (SSSR count). The first-order chi connectivity index (χ1) is 20.8. The summed E-state index contributed by atoms with van der Waals surface area (Å²) in [4.78, 5) is 40.3. The normalized spacial score (nSPS) is 21.4. The van der Waals surface area contributed by atoms with Gasteiger partial charge in [0.15, 0.2) is 10.1 Å². The molecule has 3 aromatic rings. The molecule has 14 heteroatoms. The van der Waals surface area contributed by atoms with Crippen molar-refractivity contribution in [3.8, 4) is 32.4 Å². The summed E-state index contributed by atoms with van der Waals surface area (Å²) in [5, 5.41) is 2.22. The summed E-state index contributed by atoms with van der Waals surface area (Å²) < 4.78 is 14.3. The zero-order chi connectivity index (χ0) is 31.3. The summed E-state index contributed by atoms with van der Waals surface area (Å²) in [6, 6.07) is 8.09. The molecule has 1 aromatic carbocycles. The molecule has 0 unspecified atom stereocenters. The third kappa shape index (κ3) is 4.68. The molecule has 0 bridgehead atoms. The Balaban J connectivity index is 1.30. The molecule has 4 aliphatic rings.